The van der Waals surface area contributed by atoms with Gasteiger partial charge in [-0.3, -0.25) is 4.99 Å². The monoisotopic (exact) mass is 264 g/mol. The van der Waals surface area contributed by atoms with E-state index < -0.39 is 0 Å². The fourth-order valence-electron chi connectivity index (χ4n) is 1.97. The zero-order valence-corrected chi connectivity index (χ0v) is 12.0. The molecule has 18 heavy (non-hydrogen) atoms. The number of hydrogen-bond donors (Lipinski definition) is 1. The highest BCUT2D eigenvalue weighted by Crippen LogP contribution is 2.19. The van der Waals surface area contributed by atoms with Gasteiger partial charge in [0.1, 0.15) is 5.82 Å². The molecule has 2 heterocycles. The summed E-state index contributed by atoms with van der Waals surface area (Å²) in [6.07, 6.45) is 2.99. The Balaban J connectivity index is 1.88. The molecule has 0 amide bonds. The van der Waals surface area contributed by atoms with Crippen LogP contribution >= 0.6 is 11.8 Å². The van der Waals surface area contributed by atoms with Gasteiger partial charge in [-0.25, -0.2) is 9.97 Å². The first-order valence-electron chi connectivity index (χ1n) is 6.36. The number of aryl methyl sites for hydroxylation is 1. The largest absolute Gasteiger partial charge is 0.361 e. The quantitative estimate of drug-likeness (QED) is 0.907. The van der Waals surface area contributed by atoms with Crippen molar-refractivity contribution in [1.29, 1.82) is 0 Å². The van der Waals surface area contributed by atoms with Crippen LogP contribution in [0.25, 0.3) is 0 Å². The second-order valence-corrected chi connectivity index (χ2v) is 6.01. The van der Waals surface area contributed by atoms with Gasteiger partial charge in [0, 0.05) is 18.0 Å². The first-order chi connectivity index (χ1) is 8.63. The number of hydrogen-bond acceptors (Lipinski definition) is 4. The van der Waals surface area contributed by atoms with Gasteiger partial charge in [-0.05, 0) is 25.3 Å². The van der Waals surface area contributed by atoms with Crippen LogP contribution < -0.4 is 5.32 Å². The Morgan fingerprint density at radius 1 is 1.56 bits per heavy atom. The summed E-state index contributed by atoms with van der Waals surface area (Å²) in [4.78, 5) is 13.0. The third kappa shape index (κ3) is 3.98. The van der Waals surface area contributed by atoms with Crippen molar-refractivity contribution in [2.45, 2.75) is 39.8 Å². The topological polar surface area (TPSA) is 50.2 Å². The first-order valence-corrected chi connectivity index (χ1v) is 7.34. The summed E-state index contributed by atoms with van der Waals surface area (Å²) in [5.41, 5.74) is 0.977. The predicted molar refractivity (Wildman–Crippen MR) is 76.7 cm³/mol. The Hall–Kier alpha value is -1.10. The van der Waals surface area contributed by atoms with Crippen LogP contribution in [0.3, 0.4) is 0 Å². The fourth-order valence-corrected chi connectivity index (χ4v) is 2.96. The van der Waals surface area contributed by atoms with Gasteiger partial charge in [0.25, 0.3) is 0 Å². The van der Waals surface area contributed by atoms with E-state index in [4.69, 9.17) is 0 Å². The zero-order chi connectivity index (χ0) is 13.0. The van der Waals surface area contributed by atoms with Gasteiger partial charge >= 0.3 is 0 Å². The summed E-state index contributed by atoms with van der Waals surface area (Å²) in [5.74, 6) is 2.66. The molecule has 1 N–H and O–H groups in total. The average molecular weight is 264 g/mol. The predicted octanol–water partition coefficient (Wildman–Crippen LogP) is 2.39. The van der Waals surface area contributed by atoms with Crippen LogP contribution in [-0.4, -0.2) is 26.9 Å². The Labute approximate surface area is 113 Å². The lowest BCUT2D eigenvalue weighted by Gasteiger charge is -2.11. The third-order valence-electron chi connectivity index (χ3n) is 2.72. The van der Waals surface area contributed by atoms with Gasteiger partial charge in [-0.2, -0.15) is 0 Å². The molecule has 1 saturated heterocycles. The van der Waals surface area contributed by atoms with Crippen molar-refractivity contribution in [3.63, 3.8) is 0 Å². The average Bonchev–Trinajstić information content (AvgIpc) is 2.73. The van der Waals surface area contributed by atoms with Gasteiger partial charge < -0.3 is 5.32 Å². The van der Waals surface area contributed by atoms with Gasteiger partial charge in [0.05, 0.1) is 12.2 Å². The van der Waals surface area contributed by atoms with Crippen molar-refractivity contribution < 1.29 is 0 Å². The van der Waals surface area contributed by atoms with Crippen LogP contribution in [0.1, 0.15) is 31.8 Å². The smallest absolute Gasteiger partial charge is 0.157 e. The van der Waals surface area contributed by atoms with Crippen molar-refractivity contribution >= 4 is 16.9 Å². The number of thioether (sulfide) groups is 1. The van der Waals surface area contributed by atoms with Crippen LogP contribution in [0.15, 0.2) is 17.3 Å². The first kappa shape index (κ1) is 13.3. The standard InChI is InChI=1S/C13H20N4S/c1-9(2)6-12-8-18-13(17-12)15-7-11-4-5-14-10(3)16-11/h4-5,9,12H,6-8H2,1-3H3,(H,15,17). The van der Waals surface area contributed by atoms with Crippen LogP contribution in [0, 0.1) is 12.8 Å². The van der Waals surface area contributed by atoms with E-state index in [1.165, 1.54) is 6.42 Å². The molecule has 1 atom stereocenters. The Bertz CT molecular complexity index is 431. The number of aromatic nitrogens is 2. The highest BCUT2D eigenvalue weighted by Gasteiger charge is 2.20. The number of amidine groups is 1. The molecule has 2 rings (SSSR count). The zero-order valence-electron chi connectivity index (χ0n) is 11.2. The maximum absolute atomic E-state index is 4.57. The Kier molecular flexibility index (Phi) is 4.58. The molecule has 1 unspecified atom stereocenters. The third-order valence-corrected chi connectivity index (χ3v) is 3.81. The van der Waals surface area contributed by atoms with Crippen molar-refractivity contribution in [2.24, 2.45) is 10.9 Å². The molecule has 4 nitrogen and oxygen atoms in total. The molecule has 0 aliphatic carbocycles. The summed E-state index contributed by atoms with van der Waals surface area (Å²) in [7, 11) is 0. The van der Waals surface area contributed by atoms with Gasteiger partial charge in [0.2, 0.25) is 0 Å². The van der Waals surface area contributed by atoms with E-state index in [0.29, 0.717) is 12.6 Å². The lowest BCUT2D eigenvalue weighted by molar-refractivity contribution is 0.502. The molecule has 0 saturated carbocycles. The fraction of sp³-hybridized carbons (Fsp3) is 0.615. The van der Waals surface area contributed by atoms with Gasteiger partial charge in [-0.1, -0.05) is 25.6 Å². The SMILES string of the molecule is Cc1nccc(CN=C2NC(CC(C)C)CS2)n1. The molecule has 1 fully saturated rings. The summed E-state index contributed by atoms with van der Waals surface area (Å²) >= 11 is 1.81. The van der Waals surface area contributed by atoms with Crippen LogP contribution in [0.2, 0.25) is 0 Å². The lowest BCUT2D eigenvalue weighted by Crippen LogP contribution is -2.28. The van der Waals surface area contributed by atoms with Gasteiger partial charge in [0.15, 0.2) is 5.17 Å². The van der Waals surface area contributed by atoms with E-state index in [-0.39, 0.29) is 0 Å². The van der Waals surface area contributed by atoms with E-state index in [2.05, 4.69) is 34.1 Å². The summed E-state index contributed by atoms with van der Waals surface area (Å²) in [5, 5.41) is 4.53. The molecule has 0 radical (unpaired) electrons. The highest BCUT2D eigenvalue weighted by molar-refractivity contribution is 8.14. The van der Waals surface area contributed by atoms with Crippen molar-refractivity contribution in [2.75, 3.05) is 5.75 Å². The van der Waals surface area contributed by atoms with E-state index in [9.17, 15) is 0 Å². The van der Waals surface area contributed by atoms with E-state index >= 15 is 0 Å². The Morgan fingerprint density at radius 3 is 3.11 bits per heavy atom. The lowest BCUT2D eigenvalue weighted by atomic mass is 10.1. The van der Waals surface area contributed by atoms with E-state index in [1.807, 2.05) is 24.8 Å². The molecular formula is C13H20N4S. The normalized spacial score (nSPS) is 21.6. The molecule has 1 aromatic heterocycles. The van der Waals surface area contributed by atoms with E-state index in [0.717, 1.165) is 28.4 Å². The number of aliphatic imine (C=N–C) groups is 1. The van der Waals surface area contributed by atoms with Crippen LogP contribution in [-0.2, 0) is 6.54 Å². The maximum Gasteiger partial charge on any atom is 0.157 e. The molecule has 98 valence electrons. The van der Waals surface area contributed by atoms with E-state index in [1.54, 1.807) is 6.20 Å². The van der Waals surface area contributed by atoms with Crippen molar-refractivity contribution in [3.8, 4) is 0 Å². The number of nitrogens with zero attached hydrogens (tertiary/aromatic N) is 3. The minimum atomic E-state index is 0.570. The minimum absolute atomic E-state index is 0.570. The van der Waals surface area contributed by atoms with Crippen LogP contribution in [0.5, 0.6) is 0 Å². The molecule has 0 bridgehead atoms. The second kappa shape index (κ2) is 6.18. The van der Waals surface area contributed by atoms with Gasteiger partial charge in [-0.15, -0.1) is 0 Å². The molecule has 0 aromatic carbocycles. The second-order valence-electron chi connectivity index (χ2n) is 5.00. The molecule has 5 heteroatoms. The summed E-state index contributed by atoms with van der Waals surface area (Å²) < 4.78 is 0. The maximum atomic E-state index is 4.57. The number of nitrogens with one attached hydrogen (secondary N) is 1. The summed E-state index contributed by atoms with van der Waals surface area (Å²) in [6.45, 7) is 7.04. The minimum Gasteiger partial charge on any atom is -0.361 e. The molecule has 1 aromatic rings. The molecular weight excluding hydrogens is 244 g/mol. The molecule has 0 spiro atoms. The van der Waals surface area contributed by atoms with Crippen molar-refractivity contribution in [3.05, 3.63) is 23.8 Å². The molecule has 1 aliphatic rings. The highest BCUT2D eigenvalue weighted by atomic mass is 32.2. The summed E-state index contributed by atoms with van der Waals surface area (Å²) in [6, 6.07) is 2.49. The Morgan fingerprint density at radius 2 is 2.39 bits per heavy atom. The number of rotatable bonds is 4. The molecule has 1 aliphatic heterocycles. The van der Waals surface area contributed by atoms with Crippen LogP contribution in [0.4, 0.5) is 0 Å². The van der Waals surface area contributed by atoms with Crippen molar-refractivity contribution in [1.82, 2.24) is 15.3 Å².